The Morgan fingerprint density at radius 2 is 2.50 bits per heavy atom. The monoisotopic (exact) mass is 182 g/mol. The first-order chi connectivity index (χ1) is 5.90. The number of thiazole rings is 1. The van der Waals surface area contributed by atoms with E-state index in [4.69, 9.17) is 0 Å². The minimum atomic E-state index is 0.721. The highest BCUT2D eigenvalue weighted by molar-refractivity contribution is 7.09. The minimum Gasteiger partial charge on any atom is -0.317 e. The Balaban J connectivity index is 2.00. The van der Waals surface area contributed by atoms with Crippen molar-refractivity contribution in [2.45, 2.75) is 31.2 Å². The van der Waals surface area contributed by atoms with Crippen LogP contribution in [0.15, 0.2) is 11.6 Å². The highest BCUT2D eigenvalue weighted by Gasteiger charge is 2.25. The van der Waals surface area contributed by atoms with Gasteiger partial charge >= 0.3 is 0 Å². The average molecular weight is 182 g/mol. The van der Waals surface area contributed by atoms with Crippen molar-refractivity contribution in [2.24, 2.45) is 0 Å². The molecule has 0 aliphatic heterocycles. The lowest BCUT2D eigenvalue weighted by molar-refractivity contribution is 0.571. The van der Waals surface area contributed by atoms with Crippen LogP contribution in [0.3, 0.4) is 0 Å². The molecule has 1 aromatic heterocycles. The van der Waals surface area contributed by atoms with Crippen molar-refractivity contribution in [2.75, 3.05) is 7.05 Å². The van der Waals surface area contributed by atoms with E-state index < -0.39 is 0 Å². The van der Waals surface area contributed by atoms with Crippen molar-refractivity contribution in [1.29, 1.82) is 0 Å². The van der Waals surface area contributed by atoms with Gasteiger partial charge in [-0.25, -0.2) is 4.98 Å². The average Bonchev–Trinajstić information content (AvgIpc) is 2.75. The van der Waals surface area contributed by atoms with E-state index in [1.54, 1.807) is 11.3 Å². The Labute approximate surface area is 77.0 Å². The van der Waals surface area contributed by atoms with Crippen LogP contribution in [0, 0.1) is 0 Å². The topological polar surface area (TPSA) is 24.9 Å². The number of hydrogen-bond donors (Lipinski definition) is 1. The molecule has 1 saturated carbocycles. The van der Waals surface area contributed by atoms with Crippen molar-refractivity contribution in [3.8, 4) is 0 Å². The molecule has 1 aromatic rings. The second-order valence-electron chi connectivity index (χ2n) is 3.37. The fourth-order valence-corrected chi connectivity index (χ4v) is 2.69. The van der Waals surface area contributed by atoms with Gasteiger partial charge in [0.05, 0.1) is 5.01 Å². The fraction of sp³-hybridized carbons (Fsp3) is 0.667. The van der Waals surface area contributed by atoms with Gasteiger partial charge in [-0.2, -0.15) is 0 Å². The first-order valence-corrected chi connectivity index (χ1v) is 5.34. The lowest BCUT2D eigenvalue weighted by Gasteiger charge is -2.07. The highest BCUT2D eigenvalue weighted by atomic mass is 32.1. The standard InChI is InChI=1S/C9H14N2S/c1-10-8-3-2-7(6-8)9-11-4-5-12-9/h4-5,7-8,10H,2-3,6H2,1H3. The summed E-state index contributed by atoms with van der Waals surface area (Å²) in [6.07, 6.45) is 5.79. The van der Waals surface area contributed by atoms with Crippen molar-refractivity contribution >= 4 is 11.3 Å². The summed E-state index contributed by atoms with van der Waals surface area (Å²) in [5.74, 6) is 0.724. The number of nitrogens with one attached hydrogen (secondary N) is 1. The van der Waals surface area contributed by atoms with Gasteiger partial charge in [-0.05, 0) is 26.3 Å². The van der Waals surface area contributed by atoms with E-state index in [0.717, 1.165) is 12.0 Å². The largest absolute Gasteiger partial charge is 0.317 e. The molecule has 0 amide bonds. The van der Waals surface area contributed by atoms with Crippen molar-refractivity contribution in [3.05, 3.63) is 16.6 Å². The molecule has 2 unspecified atom stereocenters. The lowest BCUT2D eigenvalue weighted by atomic mass is 10.1. The van der Waals surface area contributed by atoms with Gasteiger partial charge in [-0.1, -0.05) is 0 Å². The molecule has 0 radical (unpaired) electrons. The van der Waals surface area contributed by atoms with Gasteiger partial charge in [-0.3, -0.25) is 0 Å². The molecule has 1 fully saturated rings. The zero-order chi connectivity index (χ0) is 8.39. The van der Waals surface area contributed by atoms with Gasteiger partial charge in [-0.15, -0.1) is 11.3 Å². The van der Waals surface area contributed by atoms with Gasteiger partial charge in [0.25, 0.3) is 0 Å². The second-order valence-corrected chi connectivity index (χ2v) is 4.29. The van der Waals surface area contributed by atoms with Crippen molar-refractivity contribution in [3.63, 3.8) is 0 Å². The first-order valence-electron chi connectivity index (χ1n) is 4.47. The summed E-state index contributed by atoms with van der Waals surface area (Å²) in [6.45, 7) is 0. The predicted molar refractivity (Wildman–Crippen MR) is 51.6 cm³/mol. The molecule has 2 rings (SSSR count). The van der Waals surface area contributed by atoms with Crippen LogP contribution in [0.25, 0.3) is 0 Å². The first kappa shape index (κ1) is 8.20. The van der Waals surface area contributed by atoms with Crippen LogP contribution in [0.4, 0.5) is 0 Å². The summed E-state index contributed by atoms with van der Waals surface area (Å²) in [4.78, 5) is 4.36. The zero-order valence-electron chi connectivity index (χ0n) is 7.29. The number of aromatic nitrogens is 1. The Hall–Kier alpha value is -0.410. The summed E-state index contributed by atoms with van der Waals surface area (Å²) in [5.41, 5.74) is 0. The predicted octanol–water partition coefficient (Wildman–Crippen LogP) is 2.00. The molecule has 1 heterocycles. The number of rotatable bonds is 2. The number of nitrogens with zero attached hydrogens (tertiary/aromatic N) is 1. The van der Waals surface area contributed by atoms with E-state index >= 15 is 0 Å². The Kier molecular flexibility index (Phi) is 2.42. The Morgan fingerprint density at radius 3 is 3.08 bits per heavy atom. The fourth-order valence-electron chi connectivity index (χ4n) is 1.90. The van der Waals surface area contributed by atoms with Crippen LogP contribution in [-0.2, 0) is 0 Å². The van der Waals surface area contributed by atoms with Crippen LogP contribution in [-0.4, -0.2) is 18.1 Å². The molecule has 12 heavy (non-hydrogen) atoms. The van der Waals surface area contributed by atoms with Crippen molar-refractivity contribution < 1.29 is 0 Å². The van der Waals surface area contributed by atoms with Crippen LogP contribution in [0.2, 0.25) is 0 Å². The molecule has 1 aliphatic rings. The third kappa shape index (κ3) is 1.52. The molecule has 2 nitrogen and oxygen atoms in total. The third-order valence-electron chi connectivity index (χ3n) is 2.64. The van der Waals surface area contributed by atoms with E-state index in [9.17, 15) is 0 Å². The molecule has 2 atom stereocenters. The van der Waals surface area contributed by atoms with Gasteiger partial charge in [0.1, 0.15) is 0 Å². The van der Waals surface area contributed by atoms with Crippen LogP contribution in [0.1, 0.15) is 30.2 Å². The van der Waals surface area contributed by atoms with Crippen LogP contribution in [0.5, 0.6) is 0 Å². The summed E-state index contributed by atoms with van der Waals surface area (Å²) < 4.78 is 0. The van der Waals surface area contributed by atoms with E-state index in [1.807, 2.05) is 6.20 Å². The number of hydrogen-bond acceptors (Lipinski definition) is 3. The summed E-state index contributed by atoms with van der Waals surface area (Å²) in [7, 11) is 2.05. The molecule has 1 aliphatic carbocycles. The van der Waals surface area contributed by atoms with Gasteiger partial charge in [0.2, 0.25) is 0 Å². The maximum Gasteiger partial charge on any atom is 0.0956 e. The molecule has 3 heteroatoms. The van der Waals surface area contributed by atoms with Gasteiger partial charge in [0, 0.05) is 23.5 Å². The summed E-state index contributed by atoms with van der Waals surface area (Å²) in [6, 6.07) is 0.721. The van der Waals surface area contributed by atoms with Gasteiger partial charge < -0.3 is 5.32 Å². The molecular weight excluding hydrogens is 168 g/mol. The molecule has 66 valence electrons. The molecule has 0 bridgehead atoms. The smallest absolute Gasteiger partial charge is 0.0956 e. The van der Waals surface area contributed by atoms with Crippen LogP contribution < -0.4 is 5.32 Å². The summed E-state index contributed by atoms with van der Waals surface area (Å²) in [5, 5.41) is 6.73. The molecular formula is C9H14N2S. The molecule has 1 N–H and O–H groups in total. The normalized spacial score (nSPS) is 29.4. The maximum atomic E-state index is 4.36. The minimum absolute atomic E-state index is 0.721. The van der Waals surface area contributed by atoms with Crippen molar-refractivity contribution in [1.82, 2.24) is 10.3 Å². The second kappa shape index (κ2) is 3.54. The van der Waals surface area contributed by atoms with Gasteiger partial charge in [0.15, 0.2) is 0 Å². The Morgan fingerprint density at radius 1 is 1.58 bits per heavy atom. The van der Waals surface area contributed by atoms with E-state index in [2.05, 4.69) is 22.7 Å². The molecule has 0 saturated heterocycles. The maximum absolute atomic E-state index is 4.36. The van der Waals surface area contributed by atoms with E-state index in [0.29, 0.717) is 0 Å². The Bertz CT molecular complexity index is 233. The SMILES string of the molecule is CNC1CCC(c2nccs2)C1. The van der Waals surface area contributed by atoms with E-state index in [1.165, 1.54) is 24.3 Å². The lowest BCUT2D eigenvalue weighted by Crippen LogP contribution is -2.21. The van der Waals surface area contributed by atoms with E-state index in [-0.39, 0.29) is 0 Å². The highest BCUT2D eigenvalue weighted by Crippen LogP contribution is 2.34. The quantitative estimate of drug-likeness (QED) is 0.756. The summed E-state index contributed by atoms with van der Waals surface area (Å²) >= 11 is 1.79. The molecule has 0 aromatic carbocycles. The molecule has 0 spiro atoms. The zero-order valence-corrected chi connectivity index (χ0v) is 8.10. The third-order valence-corrected chi connectivity index (χ3v) is 3.58. The van der Waals surface area contributed by atoms with Crippen LogP contribution >= 0.6 is 11.3 Å².